The molecule has 0 radical (unpaired) electrons. The van der Waals surface area contributed by atoms with Crippen molar-refractivity contribution in [3.63, 3.8) is 0 Å². The Morgan fingerprint density at radius 2 is 2.20 bits per heavy atom. The van der Waals surface area contributed by atoms with Crippen LogP contribution in [0.2, 0.25) is 0 Å². The molecule has 5 heteroatoms. The number of thiophene rings is 1. The Labute approximate surface area is 120 Å². The monoisotopic (exact) mass is 286 g/mol. The first-order valence-electron chi connectivity index (χ1n) is 6.32. The van der Waals surface area contributed by atoms with Gasteiger partial charge in [0.25, 0.3) is 5.91 Å². The van der Waals surface area contributed by atoms with E-state index in [1.54, 1.807) is 6.26 Å². The van der Waals surface area contributed by atoms with Gasteiger partial charge >= 0.3 is 0 Å². The molecule has 0 aliphatic heterocycles. The van der Waals surface area contributed by atoms with E-state index in [-0.39, 0.29) is 5.91 Å². The van der Waals surface area contributed by atoms with Gasteiger partial charge in [-0.2, -0.15) is 0 Å². The lowest BCUT2D eigenvalue weighted by molar-refractivity contribution is 0.0958. The second-order valence-corrected chi connectivity index (χ2v) is 5.58. The number of nitrogens with one attached hydrogen (secondary N) is 1. The maximum atomic E-state index is 12.1. The van der Waals surface area contributed by atoms with Crippen molar-refractivity contribution < 1.29 is 9.21 Å². The van der Waals surface area contributed by atoms with Crippen molar-refractivity contribution in [2.24, 2.45) is 0 Å². The number of hydrogen-bond donors (Lipinski definition) is 2. The zero-order chi connectivity index (χ0) is 13.9. The maximum absolute atomic E-state index is 12.1. The lowest BCUT2D eigenvalue weighted by atomic mass is 10.2. The average molecular weight is 286 g/mol. The predicted octanol–water partition coefficient (Wildman–Crippen LogP) is 3.05. The average Bonchev–Trinajstić information content (AvgIpc) is 3.06. The summed E-state index contributed by atoms with van der Waals surface area (Å²) in [6.45, 7) is 0.558. The van der Waals surface area contributed by atoms with Crippen LogP contribution < -0.4 is 11.1 Å². The van der Waals surface area contributed by atoms with Gasteiger partial charge in [0.2, 0.25) is 0 Å². The van der Waals surface area contributed by atoms with Crippen LogP contribution in [0.25, 0.3) is 10.1 Å². The van der Waals surface area contributed by atoms with Gasteiger partial charge in [-0.15, -0.1) is 11.3 Å². The molecule has 0 saturated heterocycles. The molecule has 3 aromatic rings. The van der Waals surface area contributed by atoms with Crippen molar-refractivity contribution in [3.8, 4) is 0 Å². The summed E-state index contributed by atoms with van der Waals surface area (Å²) in [6.07, 6.45) is 2.32. The Hall–Kier alpha value is -2.27. The predicted molar refractivity (Wildman–Crippen MR) is 81.0 cm³/mol. The standard InChI is InChI=1S/C15H14N2O2S/c16-11-3-4-13-10(8-11)9-14(20-13)15(18)17-6-5-12-2-1-7-19-12/h1-4,7-9H,5-6,16H2,(H,17,18). The SMILES string of the molecule is Nc1ccc2sc(C(=O)NCCc3ccco3)cc2c1. The number of nitrogens with two attached hydrogens (primary N) is 1. The first-order chi connectivity index (χ1) is 9.72. The van der Waals surface area contributed by atoms with Crippen molar-refractivity contribution in [3.05, 3.63) is 53.3 Å². The van der Waals surface area contributed by atoms with Crippen LogP contribution in [0.1, 0.15) is 15.4 Å². The van der Waals surface area contributed by atoms with Crippen molar-refractivity contribution in [1.82, 2.24) is 5.32 Å². The topological polar surface area (TPSA) is 68.3 Å². The number of hydrogen-bond acceptors (Lipinski definition) is 4. The summed E-state index contributed by atoms with van der Waals surface area (Å²) >= 11 is 1.47. The quantitative estimate of drug-likeness (QED) is 0.724. The first kappa shape index (κ1) is 12.7. The normalized spacial score (nSPS) is 10.8. The van der Waals surface area contributed by atoms with Crippen LogP contribution >= 0.6 is 11.3 Å². The van der Waals surface area contributed by atoms with Crippen LogP contribution in [0.4, 0.5) is 5.69 Å². The number of nitrogen functional groups attached to an aromatic ring is 1. The van der Waals surface area contributed by atoms with Crippen LogP contribution in [0.15, 0.2) is 47.1 Å². The third-order valence-electron chi connectivity index (χ3n) is 3.00. The number of fused-ring (bicyclic) bond motifs is 1. The van der Waals surface area contributed by atoms with Gasteiger partial charge in [0.05, 0.1) is 11.1 Å². The fraction of sp³-hybridized carbons (Fsp3) is 0.133. The largest absolute Gasteiger partial charge is 0.469 e. The molecule has 0 saturated carbocycles. The van der Waals surface area contributed by atoms with Crippen LogP contribution in [-0.4, -0.2) is 12.5 Å². The summed E-state index contributed by atoms with van der Waals surface area (Å²) in [6, 6.07) is 11.3. The highest BCUT2D eigenvalue weighted by molar-refractivity contribution is 7.20. The molecule has 0 atom stereocenters. The van der Waals surface area contributed by atoms with E-state index < -0.39 is 0 Å². The van der Waals surface area contributed by atoms with Gasteiger partial charge in [-0.25, -0.2) is 0 Å². The number of furan rings is 1. The van der Waals surface area contributed by atoms with E-state index in [0.717, 1.165) is 15.8 Å². The van der Waals surface area contributed by atoms with E-state index in [1.165, 1.54) is 11.3 Å². The number of anilines is 1. The minimum atomic E-state index is -0.0590. The van der Waals surface area contributed by atoms with Crippen LogP contribution in [0, 0.1) is 0 Å². The number of amides is 1. The molecular weight excluding hydrogens is 272 g/mol. The van der Waals surface area contributed by atoms with Crippen molar-refractivity contribution in [1.29, 1.82) is 0 Å². The summed E-state index contributed by atoms with van der Waals surface area (Å²) in [7, 11) is 0. The fourth-order valence-electron chi connectivity index (χ4n) is 2.01. The minimum absolute atomic E-state index is 0.0590. The molecule has 0 bridgehead atoms. The molecule has 102 valence electrons. The Bertz CT molecular complexity index is 732. The van der Waals surface area contributed by atoms with Gasteiger partial charge < -0.3 is 15.5 Å². The molecule has 4 nitrogen and oxygen atoms in total. The second kappa shape index (κ2) is 5.38. The Balaban J connectivity index is 1.66. The summed E-state index contributed by atoms with van der Waals surface area (Å²) in [5, 5.41) is 3.90. The van der Waals surface area contributed by atoms with Crippen LogP contribution in [-0.2, 0) is 6.42 Å². The summed E-state index contributed by atoms with van der Waals surface area (Å²) in [5.74, 6) is 0.811. The third-order valence-corrected chi connectivity index (χ3v) is 4.12. The molecule has 3 rings (SSSR count). The summed E-state index contributed by atoms with van der Waals surface area (Å²) in [5.41, 5.74) is 6.45. The third kappa shape index (κ3) is 2.67. The number of benzene rings is 1. The zero-order valence-corrected chi connectivity index (χ0v) is 11.6. The van der Waals surface area contributed by atoms with Crippen LogP contribution in [0.5, 0.6) is 0 Å². The van der Waals surface area contributed by atoms with E-state index in [2.05, 4.69) is 5.32 Å². The minimum Gasteiger partial charge on any atom is -0.469 e. The van der Waals surface area contributed by atoms with Crippen molar-refractivity contribution in [2.45, 2.75) is 6.42 Å². The molecule has 0 unspecified atom stereocenters. The fourth-order valence-corrected chi connectivity index (χ4v) is 2.97. The lowest BCUT2D eigenvalue weighted by Crippen LogP contribution is -2.24. The molecule has 1 amide bonds. The Kier molecular flexibility index (Phi) is 3.43. The highest BCUT2D eigenvalue weighted by Crippen LogP contribution is 2.27. The smallest absolute Gasteiger partial charge is 0.261 e. The van der Waals surface area contributed by atoms with Gasteiger partial charge in [-0.05, 0) is 41.8 Å². The van der Waals surface area contributed by atoms with E-state index in [4.69, 9.17) is 10.2 Å². The highest BCUT2D eigenvalue weighted by atomic mass is 32.1. The molecule has 20 heavy (non-hydrogen) atoms. The molecule has 0 spiro atoms. The molecule has 2 heterocycles. The van der Waals surface area contributed by atoms with E-state index in [9.17, 15) is 4.79 Å². The van der Waals surface area contributed by atoms with Gasteiger partial charge in [0.1, 0.15) is 5.76 Å². The molecule has 0 aliphatic carbocycles. The summed E-state index contributed by atoms with van der Waals surface area (Å²) < 4.78 is 6.28. The van der Waals surface area contributed by atoms with Crippen LogP contribution in [0.3, 0.4) is 0 Å². The van der Waals surface area contributed by atoms with Gasteiger partial charge in [-0.1, -0.05) is 0 Å². The van der Waals surface area contributed by atoms with Crippen molar-refractivity contribution >= 4 is 33.0 Å². The zero-order valence-electron chi connectivity index (χ0n) is 10.8. The first-order valence-corrected chi connectivity index (χ1v) is 7.14. The van der Waals surface area contributed by atoms with Gasteiger partial charge in [0, 0.05) is 23.4 Å². The van der Waals surface area contributed by atoms with E-state index >= 15 is 0 Å². The molecule has 3 N–H and O–H groups in total. The van der Waals surface area contributed by atoms with Crippen molar-refractivity contribution in [2.75, 3.05) is 12.3 Å². The van der Waals surface area contributed by atoms with E-state index in [1.807, 2.05) is 36.4 Å². The molecule has 2 aromatic heterocycles. The number of carbonyl (C=O) groups excluding carboxylic acids is 1. The molecule has 0 fully saturated rings. The van der Waals surface area contributed by atoms with Gasteiger partial charge in [-0.3, -0.25) is 4.79 Å². The number of rotatable bonds is 4. The molecule has 0 aliphatic rings. The maximum Gasteiger partial charge on any atom is 0.261 e. The molecule has 1 aromatic carbocycles. The number of carbonyl (C=O) groups is 1. The second-order valence-electron chi connectivity index (χ2n) is 4.49. The van der Waals surface area contributed by atoms with Gasteiger partial charge in [0.15, 0.2) is 0 Å². The highest BCUT2D eigenvalue weighted by Gasteiger charge is 2.10. The lowest BCUT2D eigenvalue weighted by Gasteiger charge is -2.01. The van der Waals surface area contributed by atoms with E-state index in [0.29, 0.717) is 23.5 Å². The molecular formula is C15H14N2O2S. The Morgan fingerprint density at radius 1 is 1.30 bits per heavy atom. The summed E-state index contributed by atoms with van der Waals surface area (Å²) in [4.78, 5) is 12.8. The Morgan fingerprint density at radius 3 is 3.00 bits per heavy atom.